The van der Waals surface area contributed by atoms with Crippen LogP contribution in [0.2, 0.25) is 5.02 Å². The van der Waals surface area contributed by atoms with Gasteiger partial charge in [-0.1, -0.05) is 11.6 Å². The minimum absolute atomic E-state index is 0.171. The molecule has 1 aromatic heterocycles. The van der Waals surface area contributed by atoms with Crippen molar-refractivity contribution < 1.29 is 19.7 Å². The summed E-state index contributed by atoms with van der Waals surface area (Å²) in [5, 5.41) is 22.8. The Morgan fingerprint density at radius 2 is 2.10 bits per heavy atom. The molecule has 7 heteroatoms. The van der Waals surface area contributed by atoms with Gasteiger partial charge in [0.05, 0.1) is 16.8 Å². The van der Waals surface area contributed by atoms with E-state index in [1.807, 2.05) is 0 Å². The molecule has 0 aliphatic heterocycles. The largest absolute Gasteiger partial charge is 0.444 e. The van der Waals surface area contributed by atoms with Crippen molar-refractivity contribution in [2.24, 2.45) is 0 Å². The number of aliphatic hydroxyl groups excluding tert-OH is 2. The number of carbonyl (C=O) groups excluding carboxylic acids is 1. The van der Waals surface area contributed by atoms with Crippen LogP contribution in [0.5, 0.6) is 0 Å². The van der Waals surface area contributed by atoms with Gasteiger partial charge in [0.2, 0.25) is 0 Å². The van der Waals surface area contributed by atoms with Crippen molar-refractivity contribution in [3.8, 4) is 0 Å². The maximum atomic E-state index is 11.4. The number of hydrogen-bond donors (Lipinski definition) is 3. The molecule has 0 aromatic carbocycles. The van der Waals surface area contributed by atoms with Crippen molar-refractivity contribution in [1.29, 1.82) is 0 Å². The Hall–Kier alpha value is -1.37. The highest BCUT2D eigenvalue weighted by Crippen LogP contribution is 2.18. The minimum atomic E-state index is -1.14. The summed E-state index contributed by atoms with van der Waals surface area (Å²) in [5.41, 5.74) is -0.251. The molecule has 118 valence electrons. The summed E-state index contributed by atoms with van der Waals surface area (Å²) < 4.78 is 5.06. The first-order valence-electron chi connectivity index (χ1n) is 6.63. The van der Waals surface area contributed by atoms with Crippen LogP contribution in [0.15, 0.2) is 18.3 Å². The number of amides is 1. The first-order chi connectivity index (χ1) is 9.69. The van der Waals surface area contributed by atoms with Crippen molar-refractivity contribution in [3.05, 3.63) is 29.0 Å². The fraction of sp³-hybridized carbons (Fsp3) is 0.571. The molecule has 0 aliphatic carbocycles. The molecule has 0 spiro atoms. The number of aliphatic hydroxyl groups is 2. The molecule has 2 atom stereocenters. The molecular weight excluding hydrogens is 296 g/mol. The second-order valence-corrected chi connectivity index (χ2v) is 6.07. The number of pyridine rings is 1. The van der Waals surface area contributed by atoms with Gasteiger partial charge in [-0.3, -0.25) is 4.98 Å². The summed E-state index contributed by atoms with van der Waals surface area (Å²) >= 11 is 5.70. The predicted octanol–water partition coefficient (Wildman–Crippen LogP) is 2.04. The van der Waals surface area contributed by atoms with Crippen molar-refractivity contribution >= 4 is 17.7 Å². The molecule has 0 radical (unpaired) electrons. The number of alkyl carbamates (subject to hydrolysis) is 1. The van der Waals surface area contributed by atoms with Crippen LogP contribution in [0, 0.1) is 0 Å². The van der Waals surface area contributed by atoms with Crippen LogP contribution in [0.1, 0.15) is 39.0 Å². The van der Waals surface area contributed by atoms with E-state index in [2.05, 4.69) is 10.3 Å². The lowest BCUT2D eigenvalue weighted by molar-refractivity contribution is 0.00994. The summed E-state index contributed by atoms with van der Waals surface area (Å²) in [6.07, 6.45) is -1.18. The van der Waals surface area contributed by atoms with E-state index < -0.39 is 23.9 Å². The van der Waals surface area contributed by atoms with Gasteiger partial charge in [-0.05, 0) is 39.3 Å². The highest BCUT2D eigenvalue weighted by molar-refractivity contribution is 6.30. The topological polar surface area (TPSA) is 91.7 Å². The fourth-order valence-corrected chi connectivity index (χ4v) is 1.67. The highest BCUT2D eigenvalue weighted by atomic mass is 35.5. The Morgan fingerprint density at radius 1 is 1.43 bits per heavy atom. The zero-order valence-electron chi connectivity index (χ0n) is 12.3. The molecule has 0 saturated heterocycles. The zero-order chi connectivity index (χ0) is 16.0. The van der Waals surface area contributed by atoms with Crippen molar-refractivity contribution in [2.45, 2.75) is 45.0 Å². The van der Waals surface area contributed by atoms with Gasteiger partial charge < -0.3 is 20.3 Å². The third kappa shape index (κ3) is 6.75. The lowest BCUT2D eigenvalue weighted by atomic mass is 10.1. The SMILES string of the molecule is CC(C)(C)OC(=O)NCCC(O)C(O)c1ccc(Cl)cn1. The number of nitrogens with one attached hydrogen (secondary N) is 1. The number of halogens is 1. The number of nitrogens with zero attached hydrogens (tertiary/aromatic N) is 1. The first kappa shape index (κ1) is 17.7. The van der Waals surface area contributed by atoms with Crippen molar-refractivity contribution in [3.63, 3.8) is 0 Å². The maximum Gasteiger partial charge on any atom is 0.407 e. The molecule has 6 nitrogen and oxygen atoms in total. The monoisotopic (exact) mass is 316 g/mol. The fourth-order valence-electron chi connectivity index (χ4n) is 1.55. The maximum absolute atomic E-state index is 11.4. The molecule has 0 saturated carbocycles. The smallest absolute Gasteiger partial charge is 0.407 e. The molecule has 21 heavy (non-hydrogen) atoms. The van der Waals surface area contributed by atoms with Crippen molar-refractivity contribution in [2.75, 3.05) is 6.54 Å². The van der Waals surface area contributed by atoms with E-state index in [0.29, 0.717) is 10.7 Å². The Labute approximate surface area is 129 Å². The Balaban J connectivity index is 2.38. The van der Waals surface area contributed by atoms with Gasteiger partial charge >= 0.3 is 6.09 Å². The third-order valence-corrected chi connectivity index (χ3v) is 2.75. The minimum Gasteiger partial charge on any atom is -0.444 e. The molecular formula is C14H21ClN2O4. The summed E-state index contributed by atoms with van der Waals surface area (Å²) in [6.45, 7) is 5.47. The third-order valence-electron chi connectivity index (χ3n) is 2.53. The number of ether oxygens (including phenoxy) is 1. The van der Waals surface area contributed by atoms with Gasteiger partial charge in [-0.25, -0.2) is 4.79 Å². The second kappa shape index (κ2) is 7.59. The lowest BCUT2D eigenvalue weighted by Gasteiger charge is -2.21. The zero-order valence-corrected chi connectivity index (χ0v) is 13.1. The lowest BCUT2D eigenvalue weighted by Crippen LogP contribution is -2.34. The summed E-state index contributed by atoms with van der Waals surface area (Å²) in [4.78, 5) is 15.3. The molecule has 1 heterocycles. The summed E-state index contributed by atoms with van der Waals surface area (Å²) in [7, 11) is 0. The Kier molecular flexibility index (Phi) is 6.39. The quantitative estimate of drug-likeness (QED) is 0.773. The van der Waals surface area contributed by atoms with Crippen LogP contribution >= 0.6 is 11.6 Å². The Morgan fingerprint density at radius 3 is 2.62 bits per heavy atom. The van der Waals surface area contributed by atoms with Crippen LogP contribution in [0.3, 0.4) is 0 Å². The van der Waals surface area contributed by atoms with Gasteiger partial charge in [0.25, 0.3) is 0 Å². The molecule has 0 aliphatic rings. The average Bonchev–Trinajstić information content (AvgIpc) is 2.36. The standard InChI is InChI=1S/C14H21ClN2O4/c1-14(2,3)21-13(20)16-7-6-11(18)12(19)10-5-4-9(15)8-17-10/h4-5,8,11-12,18-19H,6-7H2,1-3H3,(H,16,20). The first-order valence-corrected chi connectivity index (χ1v) is 7.01. The molecule has 0 bridgehead atoms. The van der Waals surface area contributed by atoms with Gasteiger partial charge in [0, 0.05) is 12.7 Å². The van der Waals surface area contributed by atoms with Crippen LogP contribution in [0.25, 0.3) is 0 Å². The van der Waals surface area contributed by atoms with Crippen molar-refractivity contribution in [1.82, 2.24) is 10.3 Å². The molecule has 1 aromatic rings. The Bertz CT molecular complexity index is 459. The van der Waals surface area contributed by atoms with Crippen LogP contribution in [-0.4, -0.2) is 39.5 Å². The van der Waals surface area contributed by atoms with Crippen LogP contribution in [-0.2, 0) is 4.74 Å². The molecule has 0 fully saturated rings. The van der Waals surface area contributed by atoms with E-state index in [9.17, 15) is 15.0 Å². The van der Waals surface area contributed by atoms with E-state index in [1.165, 1.54) is 12.3 Å². The van der Waals surface area contributed by atoms with Gasteiger partial charge in [-0.2, -0.15) is 0 Å². The van der Waals surface area contributed by atoms with E-state index in [0.717, 1.165) is 0 Å². The van der Waals surface area contributed by atoms with Gasteiger partial charge in [-0.15, -0.1) is 0 Å². The molecule has 1 amide bonds. The second-order valence-electron chi connectivity index (χ2n) is 5.63. The summed E-state index contributed by atoms with van der Waals surface area (Å²) in [6, 6.07) is 3.12. The molecule has 2 unspecified atom stereocenters. The number of aromatic nitrogens is 1. The molecule has 1 rings (SSSR count). The average molecular weight is 317 g/mol. The molecule has 3 N–H and O–H groups in total. The number of rotatable bonds is 5. The number of carbonyl (C=O) groups is 1. The van der Waals surface area contributed by atoms with Crippen LogP contribution < -0.4 is 5.32 Å². The van der Waals surface area contributed by atoms with Gasteiger partial charge in [0.1, 0.15) is 11.7 Å². The van der Waals surface area contributed by atoms with E-state index in [1.54, 1.807) is 26.8 Å². The number of hydrogen-bond acceptors (Lipinski definition) is 5. The normalized spacial score (nSPS) is 14.4. The highest BCUT2D eigenvalue weighted by Gasteiger charge is 2.20. The van der Waals surface area contributed by atoms with Crippen LogP contribution in [0.4, 0.5) is 4.79 Å². The van der Waals surface area contributed by atoms with E-state index in [4.69, 9.17) is 16.3 Å². The predicted molar refractivity (Wildman–Crippen MR) is 79.1 cm³/mol. The van der Waals surface area contributed by atoms with E-state index in [-0.39, 0.29) is 13.0 Å². The summed E-state index contributed by atoms with van der Waals surface area (Å²) in [5.74, 6) is 0. The van der Waals surface area contributed by atoms with E-state index >= 15 is 0 Å². The van der Waals surface area contributed by atoms with Gasteiger partial charge in [0.15, 0.2) is 0 Å².